The summed E-state index contributed by atoms with van der Waals surface area (Å²) in [7, 11) is 0. The Morgan fingerprint density at radius 2 is 1.72 bits per heavy atom. The quantitative estimate of drug-likeness (QED) is 0.480. The summed E-state index contributed by atoms with van der Waals surface area (Å²) in [5, 5.41) is 9.35. The van der Waals surface area contributed by atoms with E-state index < -0.39 is 5.97 Å². The zero-order valence-corrected chi connectivity index (χ0v) is 17.4. The van der Waals surface area contributed by atoms with Crippen LogP contribution in [0.15, 0.2) is 55.1 Å². The first-order valence-electron chi connectivity index (χ1n) is 10.7. The molecule has 0 aromatic heterocycles. The van der Waals surface area contributed by atoms with Crippen LogP contribution in [0, 0.1) is 5.92 Å². The number of esters is 1. The van der Waals surface area contributed by atoms with E-state index in [0.717, 1.165) is 22.6 Å². The zero-order chi connectivity index (χ0) is 20.6. The lowest BCUT2D eigenvalue weighted by Gasteiger charge is -2.26. The highest BCUT2D eigenvalue weighted by Crippen LogP contribution is 2.36. The number of aliphatic hydroxyl groups is 1. The van der Waals surface area contributed by atoms with Crippen molar-refractivity contribution in [3.63, 3.8) is 0 Å². The fourth-order valence-electron chi connectivity index (χ4n) is 4.26. The molecule has 0 radical (unpaired) electrons. The van der Waals surface area contributed by atoms with Crippen LogP contribution in [0.5, 0.6) is 0 Å². The van der Waals surface area contributed by atoms with E-state index in [0.29, 0.717) is 25.4 Å². The molecule has 0 unspecified atom stereocenters. The van der Waals surface area contributed by atoms with Crippen molar-refractivity contribution in [1.82, 2.24) is 0 Å². The number of benzene rings is 2. The van der Waals surface area contributed by atoms with Gasteiger partial charge in [-0.15, -0.1) is 0 Å². The molecule has 1 N–H and O–H groups in total. The van der Waals surface area contributed by atoms with Crippen LogP contribution in [0.25, 0.3) is 11.1 Å². The molecule has 0 heterocycles. The molecule has 1 aliphatic carbocycles. The lowest BCUT2D eigenvalue weighted by molar-refractivity contribution is -0.137. The van der Waals surface area contributed by atoms with Crippen LogP contribution in [0.3, 0.4) is 0 Å². The summed E-state index contributed by atoms with van der Waals surface area (Å²) in [6.07, 6.45) is 7.66. The van der Waals surface area contributed by atoms with E-state index in [2.05, 4.69) is 56.0 Å². The van der Waals surface area contributed by atoms with Crippen LogP contribution in [-0.2, 0) is 22.4 Å². The number of rotatable bonds is 8. The number of hydrogen-bond acceptors (Lipinski definition) is 3. The summed E-state index contributed by atoms with van der Waals surface area (Å²) in [5.74, 6) is 1.16. The minimum Gasteiger partial charge on any atom is -0.462 e. The highest BCUT2D eigenvalue weighted by atomic mass is 16.5. The second kappa shape index (κ2) is 10.4. The summed E-state index contributed by atoms with van der Waals surface area (Å²) in [6.45, 7) is 6.20. The van der Waals surface area contributed by atoms with E-state index >= 15 is 0 Å². The molecule has 1 saturated carbocycles. The molecule has 0 spiro atoms. The van der Waals surface area contributed by atoms with Gasteiger partial charge in [-0.25, -0.2) is 4.79 Å². The van der Waals surface area contributed by atoms with Crippen molar-refractivity contribution < 1.29 is 14.6 Å². The molecule has 0 amide bonds. The molecule has 154 valence electrons. The van der Waals surface area contributed by atoms with Gasteiger partial charge < -0.3 is 9.84 Å². The molecule has 2 aromatic rings. The number of carbonyl (C=O) groups excluding carboxylic acids is 1. The lowest BCUT2D eigenvalue weighted by Crippen LogP contribution is -2.10. The molecule has 0 aliphatic heterocycles. The zero-order valence-electron chi connectivity index (χ0n) is 17.4. The smallest absolute Gasteiger partial charge is 0.330 e. The third-order valence-electron chi connectivity index (χ3n) is 6.10. The minimum absolute atomic E-state index is 0.105. The second-order valence-electron chi connectivity index (χ2n) is 8.16. The summed E-state index contributed by atoms with van der Waals surface area (Å²) in [4.78, 5) is 11.3. The fraction of sp³-hybridized carbons (Fsp3) is 0.423. The third-order valence-corrected chi connectivity index (χ3v) is 6.10. The van der Waals surface area contributed by atoms with Crippen LogP contribution in [0.1, 0.15) is 55.2 Å². The van der Waals surface area contributed by atoms with Crippen molar-refractivity contribution in [2.45, 2.75) is 51.4 Å². The van der Waals surface area contributed by atoms with Crippen LogP contribution in [-0.4, -0.2) is 24.3 Å². The average Bonchev–Trinajstić information content (AvgIpc) is 2.75. The molecule has 1 aliphatic rings. The molecule has 0 bridgehead atoms. The Kier molecular flexibility index (Phi) is 7.65. The number of aliphatic hydroxyl groups excluding tert-OH is 1. The Morgan fingerprint density at radius 3 is 2.38 bits per heavy atom. The van der Waals surface area contributed by atoms with Gasteiger partial charge in [0.15, 0.2) is 0 Å². The summed E-state index contributed by atoms with van der Waals surface area (Å²) >= 11 is 0. The monoisotopic (exact) mass is 392 g/mol. The normalized spacial score (nSPS) is 19.0. The van der Waals surface area contributed by atoms with Gasteiger partial charge in [-0.1, -0.05) is 68.8 Å². The van der Waals surface area contributed by atoms with Crippen molar-refractivity contribution in [2.75, 3.05) is 13.2 Å². The van der Waals surface area contributed by atoms with Gasteiger partial charge in [-0.2, -0.15) is 0 Å². The van der Waals surface area contributed by atoms with Crippen molar-refractivity contribution in [1.29, 1.82) is 0 Å². The summed E-state index contributed by atoms with van der Waals surface area (Å²) in [6, 6.07) is 15.3. The number of ether oxygens (including phenoxy) is 1. The Morgan fingerprint density at radius 1 is 1.03 bits per heavy atom. The highest BCUT2D eigenvalue weighted by Gasteiger charge is 2.19. The number of carbonyl (C=O) groups is 1. The maximum atomic E-state index is 11.3. The number of hydrogen-bond donors (Lipinski definition) is 1. The van der Waals surface area contributed by atoms with Crippen molar-refractivity contribution >= 4 is 5.97 Å². The van der Waals surface area contributed by atoms with E-state index in [1.807, 2.05) is 0 Å². The van der Waals surface area contributed by atoms with Gasteiger partial charge in [0.2, 0.25) is 0 Å². The van der Waals surface area contributed by atoms with Crippen LogP contribution in [0.4, 0.5) is 0 Å². The molecule has 3 nitrogen and oxygen atoms in total. The molecule has 2 aromatic carbocycles. The predicted octanol–water partition coefficient (Wildman–Crippen LogP) is 5.45. The topological polar surface area (TPSA) is 46.5 Å². The van der Waals surface area contributed by atoms with Gasteiger partial charge in [-0.05, 0) is 58.9 Å². The molecule has 0 saturated heterocycles. The lowest BCUT2D eigenvalue weighted by atomic mass is 9.79. The van der Waals surface area contributed by atoms with Crippen molar-refractivity contribution in [2.24, 2.45) is 5.92 Å². The van der Waals surface area contributed by atoms with Gasteiger partial charge in [0.1, 0.15) is 0 Å². The summed E-state index contributed by atoms with van der Waals surface area (Å²) < 4.78 is 5.14. The molecular formula is C26H32O3. The van der Waals surface area contributed by atoms with Crippen molar-refractivity contribution in [3.8, 4) is 11.1 Å². The van der Waals surface area contributed by atoms with Gasteiger partial charge in [0.25, 0.3) is 0 Å². The van der Waals surface area contributed by atoms with E-state index in [1.165, 1.54) is 42.9 Å². The van der Waals surface area contributed by atoms with Crippen LogP contribution < -0.4 is 0 Å². The molecular weight excluding hydrogens is 360 g/mol. The first-order valence-corrected chi connectivity index (χ1v) is 10.7. The average molecular weight is 393 g/mol. The standard InChI is InChI=1S/C26H32O3/c1-3-26(28)29-17-15-25-18-24(13-12-23(25)14-16-27)22-10-8-21(9-11-22)20-6-4-19(2)5-7-20/h3,8-13,18-20,27H,1,4-7,14-17H2,2H3. The van der Waals surface area contributed by atoms with E-state index in [1.54, 1.807) is 0 Å². The minimum atomic E-state index is -0.405. The molecule has 0 atom stereocenters. The molecule has 29 heavy (non-hydrogen) atoms. The molecule has 3 heteroatoms. The Bertz CT molecular complexity index is 814. The predicted molar refractivity (Wildman–Crippen MR) is 118 cm³/mol. The molecule has 3 rings (SSSR count). The highest BCUT2D eigenvalue weighted by molar-refractivity contribution is 5.81. The largest absolute Gasteiger partial charge is 0.462 e. The van der Waals surface area contributed by atoms with E-state index in [4.69, 9.17) is 4.74 Å². The van der Waals surface area contributed by atoms with Gasteiger partial charge in [-0.3, -0.25) is 0 Å². The van der Waals surface area contributed by atoms with Crippen molar-refractivity contribution in [3.05, 3.63) is 71.8 Å². The maximum Gasteiger partial charge on any atom is 0.330 e. The first kappa shape index (κ1) is 21.3. The Hall–Kier alpha value is -2.39. The van der Waals surface area contributed by atoms with Gasteiger partial charge in [0.05, 0.1) is 6.61 Å². The van der Waals surface area contributed by atoms with E-state index in [-0.39, 0.29) is 6.61 Å². The van der Waals surface area contributed by atoms with Gasteiger partial charge in [0, 0.05) is 19.1 Å². The van der Waals surface area contributed by atoms with Gasteiger partial charge >= 0.3 is 5.97 Å². The molecule has 1 fully saturated rings. The Balaban J connectivity index is 1.74. The first-order chi connectivity index (χ1) is 14.1. The maximum absolute atomic E-state index is 11.3. The van der Waals surface area contributed by atoms with E-state index in [9.17, 15) is 9.90 Å². The SMILES string of the molecule is C=CC(=O)OCCc1cc(-c2ccc(C3CCC(C)CC3)cc2)ccc1CCO. The summed E-state index contributed by atoms with van der Waals surface area (Å²) in [5.41, 5.74) is 6.00. The third kappa shape index (κ3) is 5.80. The Labute approximate surface area is 174 Å². The van der Waals surface area contributed by atoms with Crippen LogP contribution in [0.2, 0.25) is 0 Å². The fourth-order valence-corrected chi connectivity index (χ4v) is 4.26. The second-order valence-corrected chi connectivity index (χ2v) is 8.16. The van der Waals surface area contributed by atoms with Crippen LogP contribution >= 0.6 is 0 Å².